The zero-order valence-corrected chi connectivity index (χ0v) is 14.2. The van der Waals surface area contributed by atoms with E-state index in [0.29, 0.717) is 0 Å². The van der Waals surface area contributed by atoms with Crippen molar-refractivity contribution in [2.75, 3.05) is 5.32 Å². The van der Waals surface area contributed by atoms with E-state index in [0.717, 1.165) is 35.7 Å². The van der Waals surface area contributed by atoms with Crippen molar-refractivity contribution in [2.45, 2.75) is 32.7 Å². The average Bonchev–Trinajstić information content (AvgIpc) is 3.14. The molecule has 1 N–H and O–H groups in total. The van der Waals surface area contributed by atoms with Crippen LogP contribution in [0.2, 0.25) is 0 Å². The lowest BCUT2D eigenvalue weighted by molar-refractivity contribution is 0.757. The summed E-state index contributed by atoms with van der Waals surface area (Å²) in [5, 5.41) is 5.67. The standard InChI is InChI=1S/C18H20N4S/c1-3-14-12-17(21-15(4-2)16-6-5-11-23-16)22-18(20-14)13-7-9-19-10-8-13/h5-12,15H,3-4H2,1-2H3,(H,20,21,22). The molecular weight excluding hydrogens is 304 g/mol. The fourth-order valence-corrected chi connectivity index (χ4v) is 3.29. The highest BCUT2D eigenvalue weighted by molar-refractivity contribution is 7.10. The Labute approximate surface area is 140 Å². The van der Waals surface area contributed by atoms with Crippen LogP contribution in [0.15, 0.2) is 48.1 Å². The number of pyridine rings is 1. The second-order valence-electron chi connectivity index (χ2n) is 5.28. The van der Waals surface area contributed by atoms with Gasteiger partial charge in [0.05, 0.1) is 6.04 Å². The zero-order valence-electron chi connectivity index (χ0n) is 13.4. The number of thiophene rings is 1. The normalized spacial score (nSPS) is 12.1. The molecule has 0 fully saturated rings. The molecule has 1 unspecified atom stereocenters. The summed E-state index contributed by atoms with van der Waals surface area (Å²) < 4.78 is 0. The van der Waals surface area contributed by atoms with Crippen LogP contribution in [-0.2, 0) is 6.42 Å². The molecule has 5 heteroatoms. The summed E-state index contributed by atoms with van der Waals surface area (Å²) in [6.07, 6.45) is 5.43. The van der Waals surface area contributed by atoms with Crippen molar-refractivity contribution < 1.29 is 0 Å². The minimum absolute atomic E-state index is 0.278. The van der Waals surface area contributed by atoms with Gasteiger partial charge in [-0.1, -0.05) is 19.9 Å². The number of anilines is 1. The quantitative estimate of drug-likeness (QED) is 0.712. The van der Waals surface area contributed by atoms with Crippen molar-refractivity contribution >= 4 is 17.2 Å². The predicted molar refractivity (Wildman–Crippen MR) is 95.6 cm³/mol. The molecule has 0 radical (unpaired) electrons. The third-order valence-electron chi connectivity index (χ3n) is 3.70. The van der Waals surface area contributed by atoms with E-state index < -0.39 is 0 Å². The highest BCUT2D eigenvalue weighted by Gasteiger charge is 2.13. The van der Waals surface area contributed by atoms with Crippen molar-refractivity contribution in [1.82, 2.24) is 15.0 Å². The summed E-state index contributed by atoms with van der Waals surface area (Å²) in [5.41, 5.74) is 2.03. The van der Waals surface area contributed by atoms with Crippen LogP contribution in [0.4, 0.5) is 5.82 Å². The van der Waals surface area contributed by atoms with Crippen LogP contribution in [0.5, 0.6) is 0 Å². The number of hydrogen-bond donors (Lipinski definition) is 1. The zero-order chi connectivity index (χ0) is 16.1. The Morgan fingerprint density at radius 1 is 1.13 bits per heavy atom. The van der Waals surface area contributed by atoms with Crippen LogP contribution >= 0.6 is 11.3 Å². The van der Waals surface area contributed by atoms with E-state index in [-0.39, 0.29) is 6.04 Å². The van der Waals surface area contributed by atoms with E-state index in [2.05, 4.69) is 46.6 Å². The summed E-state index contributed by atoms with van der Waals surface area (Å²) in [4.78, 5) is 14.7. The van der Waals surface area contributed by atoms with Gasteiger partial charge in [0.25, 0.3) is 0 Å². The molecule has 0 amide bonds. The molecule has 3 aromatic rings. The van der Waals surface area contributed by atoms with E-state index in [1.54, 1.807) is 23.7 Å². The van der Waals surface area contributed by atoms with Crippen LogP contribution < -0.4 is 5.32 Å². The number of nitrogens with zero attached hydrogens (tertiary/aromatic N) is 3. The first kappa shape index (κ1) is 15.6. The van der Waals surface area contributed by atoms with Crippen LogP contribution in [0, 0.1) is 0 Å². The fraction of sp³-hybridized carbons (Fsp3) is 0.278. The maximum atomic E-state index is 4.70. The largest absolute Gasteiger partial charge is 0.362 e. The molecule has 0 aliphatic rings. The maximum absolute atomic E-state index is 4.70. The van der Waals surface area contributed by atoms with Gasteiger partial charge in [0, 0.05) is 34.6 Å². The van der Waals surface area contributed by atoms with Crippen LogP contribution in [0.25, 0.3) is 11.4 Å². The molecule has 3 heterocycles. The summed E-state index contributed by atoms with van der Waals surface area (Å²) >= 11 is 1.77. The van der Waals surface area contributed by atoms with Gasteiger partial charge < -0.3 is 5.32 Å². The number of aryl methyl sites for hydroxylation is 1. The average molecular weight is 324 g/mol. The van der Waals surface area contributed by atoms with Gasteiger partial charge in [-0.25, -0.2) is 9.97 Å². The van der Waals surface area contributed by atoms with E-state index in [9.17, 15) is 0 Å². The van der Waals surface area contributed by atoms with Crippen molar-refractivity contribution in [3.63, 3.8) is 0 Å². The van der Waals surface area contributed by atoms with E-state index in [4.69, 9.17) is 4.98 Å². The Morgan fingerprint density at radius 2 is 1.96 bits per heavy atom. The number of aromatic nitrogens is 3. The Morgan fingerprint density at radius 3 is 2.61 bits per heavy atom. The molecule has 0 spiro atoms. The van der Waals surface area contributed by atoms with Gasteiger partial charge >= 0.3 is 0 Å². The Hall–Kier alpha value is -2.27. The molecule has 0 aromatic carbocycles. The minimum Gasteiger partial charge on any atom is -0.362 e. The van der Waals surface area contributed by atoms with Crippen molar-refractivity contribution in [2.24, 2.45) is 0 Å². The van der Waals surface area contributed by atoms with Gasteiger partial charge in [-0.2, -0.15) is 0 Å². The Kier molecular flexibility index (Phi) is 4.98. The number of rotatable bonds is 6. The molecule has 0 aliphatic heterocycles. The summed E-state index contributed by atoms with van der Waals surface area (Å²) in [6.45, 7) is 4.29. The molecule has 0 saturated carbocycles. The van der Waals surface area contributed by atoms with Crippen LogP contribution in [0.3, 0.4) is 0 Å². The number of nitrogens with one attached hydrogen (secondary N) is 1. The first-order chi connectivity index (χ1) is 11.3. The van der Waals surface area contributed by atoms with Gasteiger partial charge in [0.15, 0.2) is 5.82 Å². The first-order valence-electron chi connectivity index (χ1n) is 7.88. The molecule has 3 aromatic heterocycles. The highest BCUT2D eigenvalue weighted by atomic mass is 32.1. The van der Waals surface area contributed by atoms with Gasteiger partial charge in [0.1, 0.15) is 5.82 Å². The topological polar surface area (TPSA) is 50.7 Å². The predicted octanol–water partition coefficient (Wildman–Crippen LogP) is 4.73. The maximum Gasteiger partial charge on any atom is 0.161 e. The van der Waals surface area contributed by atoms with Crippen molar-refractivity contribution in [3.8, 4) is 11.4 Å². The fourth-order valence-electron chi connectivity index (χ4n) is 2.43. The van der Waals surface area contributed by atoms with Gasteiger partial charge in [-0.05, 0) is 36.4 Å². The molecule has 4 nitrogen and oxygen atoms in total. The molecule has 1 atom stereocenters. The SMILES string of the molecule is CCc1cc(NC(CC)c2cccs2)nc(-c2ccncc2)n1. The monoisotopic (exact) mass is 324 g/mol. The minimum atomic E-state index is 0.278. The second-order valence-corrected chi connectivity index (χ2v) is 6.26. The van der Waals surface area contributed by atoms with Gasteiger partial charge in [-0.15, -0.1) is 11.3 Å². The molecular formula is C18H20N4S. The highest BCUT2D eigenvalue weighted by Crippen LogP contribution is 2.26. The third-order valence-corrected chi connectivity index (χ3v) is 4.68. The van der Waals surface area contributed by atoms with E-state index >= 15 is 0 Å². The van der Waals surface area contributed by atoms with Crippen LogP contribution in [-0.4, -0.2) is 15.0 Å². The lowest BCUT2D eigenvalue weighted by Crippen LogP contribution is -2.11. The van der Waals surface area contributed by atoms with Crippen molar-refractivity contribution in [1.29, 1.82) is 0 Å². The molecule has 3 rings (SSSR count). The molecule has 23 heavy (non-hydrogen) atoms. The van der Waals surface area contributed by atoms with Crippen molar-refractivity contribution in [3.05, 3.63) is 58.7 Å². The first-order valence-corrected chi connectivity index (χ1v) is 8.76. The summed E-state index contributed by atoms with van der Waals surface area (Å²) in [5.74, 6) is 1.62. The molecule has 0 aliphatic carbocycles. The molecule has 0 bridgehead atoms. The van der Waals surface area contributed by atoms with Gasteiger partial charge in [0.2, 0.25) is 0 Å². The number of hydrogen-bond acceptors (Lipinski definition) is 5. The summed E-state index contributed by atoms with van der Waals surface area (Å²) in [7, 11) is 0. The Balaban J connectivity index is 1.92. The van der Waals surface area contributed by atoms with Gasteiger partial charge in [-0.3, -0.25) is 4.98 Å². The third kappa shape index (κ3) is 3.74. The van der Waals surface area contributed by atoms with E-state index in [1.807, 2.05) is 18.2 Å². The second kappa shape index (κ2) is 7.33. The molecule has 118 valence electrons. The van der Waals surface area contributed by atoms with Crippen LogP contribution in [0.1, 0.15) is 36.9 Å². The molecule has 0 saturated heterocycles. The summed E-state index contributed by atoms with van der Waals surface area (Å²) in [6, 6.07) is 10.5. The van der Waals surface area contributed by atoms with E-state index in [1.165, 1.54) is 4.88 Å². The lowest BCUT2D eigenvalue weighted by Gasteiger charge is -2.17. The Bertz CT molecular complexity index is 741. The smallest absolute Gasteiger partial charge is 0.161 e. The lowest BCUT2D eigenvalue weighted by atomic mass is 10.2.